The molecule has 33 heavy (non-hydrogen) atoms. The second-order valence-corrected chi connectivity index (χ2v) is 9.49. The van der Waals surface area contributed by atoms with E-state index in [1.54, 1.807) is 25.1 Å². The van der Waals surface area contributed by atoms with Gasteiger partial charge >= 0.3 is 5.97 Å². The molecule has 0 aliphatic carbocycles. The number of hydrogen-bond acceptors (Lipinski definition) is 6. The normalized spacial score (nSPS) is 15.8. The van der Waals surface area contributed by atoms with Crippen LogP contribution in [0.3, 0.4) is 0 Å². The first-order valence-electron chi connectivity index (χ1n) is 11.2. The fourth-order valence-electron chi connectivity index (χ4n) is 4.45. The summed E-state index contributed by atoms with van der Waals surface area (Å²) in [5.74, 6) is -0.0203. The van der Waals surface area contributed by atoms with Gasteiger partial charge in [-0.05, 0) is 43.7 Å². The first-order chi connectivity index (χ1) is 15.8. The Hall–Kier alpha value is -3.06. The summed E-state index contributed by atoms with van der Waals surface area (Å²) < 4.78 is 7.16. The van der Waals surface area contributed by atoms with E-state index in [1.165, 1.54) is 17.3 Å². The van der Waals surface area contributed by atoms with E-state index in [9.17, 15) is 9.59 Å². The number of imidazole rings is 1. The number of benzene rings is 2. The van der Waals surface area contributed by atoms with E-state index < -0.39 is 0 Å². The molecule has 6 nitrogen and oxygen atoms in total. The minimum Gasteiger partial charge on any atom is -0.462 e. The van der Waals surface area contributed by atoms with E-state index in [1.807, 2.05) is 32.2 Å². The van der Waals surface area contributed by atoms with Crippen molar-refractivity contribution in [3.63, 3.8) is 0 Å². The average molecular weight is 464 g/mol. The van der Waals surface area contributed by atoms with E-state index in [0.717, 1.165) is 34.1 Å². The van der Waals surface area contributed by atoms with Crippen LogP contribution in [0.2, 0.25) is 0 Å². The molecule has 0 amide bonds. The Kier molecular flexibility index (Phi) is 6.34. The minimum absolute atomic E-state index is 0.0460. The minimum atomic E-state index is -0.356. The molecular weight excluding hydrogens is 434 g/mol. The van der Waals surface area contributed by atoms with E-state index in [4.69, 9.17) is 9.72 Å². The van der Waals surface area contributed by atoms with Gasteiger partial charge in [0.25, 0.3) is 0 Å². The third-order valence-electron chi connectivity index (χ3n) is 6.12. The number of likely N-dealkylation sites (N-methyl/N-ethyl adjacent to an activating group) is 1. The van der Waals surface area contributed by atoms with Crippen LogP contribution in [0.15, 0.2) is 59.4 Å². The van der Waals surface area contributed by atoms with Crippen molar-refractivity contribution in [3.05, 3.63) is 65.4 Å². The Morgan fingerprint density at radius 2 is 1.91 bits per heavy atom. The van der Waals surface area contributed by atoms with Crippen molar-refractivity contribution in [3.8, 4) is 0 Å². The number of esters is 1. The largest absolute Gasteiger partial charge is 0.462 e. The number of ketones is 1. The third-order valence-corrected chi connectivity index (χ3v) is 7.12. The zero-order valence-corrected chi connectivity index (χ0v) is 20.5. The molecule has 0 saturated carbocycles. The highest BCUT2D eigenvalue weighted by Crippen LogP contribution is 2.46. The Morgan fingerprint density at radius 3 is 2.61 bits per heavy atom. The fourth-order valence-corrected chi connectivity index (χ4v) is 5.35. The SMILES string of the molecule is CCOC(=O)c1ccc2c(c1)nc(SCC(=O)C=C1N(C)c3ccccc3C1(C)C)n2CC. The number of hydrogen-bond donors (Lipinski definition) is 0. The summed E-state index contributed by atoms with van der Waals surface area (Å²) in [6, 6.07) is 13.7. The number of thioether (sulfide) groups is 1. The van der Waals surface area contributed by atoms with Gasteiger partial charge in [-0.1, -0.05) is 43.8 Å². The maximum atomic E-state index is 13.0. The van der Waals surface area contributed by atoms with Crippen molar-refractivity contribution in [2.75, 3.05) is 24.3 Å². The fraction of sp³-hybridized carbons (Fsp3) is 0.346. The van der Waals surface area contributed by atoms with Crippen LogP contribution >= 0.6 is 11.8 Å². The third kappa shape index (κ3) is 4.17. The number of carbonyl (C=O) groups is 2. The van der Waals surface area contributed by atoms with Crippen molar-refractivity contribution in [2.45, 2.75) is 44.8 Å². The second kappa shape index (κ2) is 9.06. The Balaban J connectivity index is 1.55. The van der Waals surface area contributed by atoms with Crippen molar-refractivity contribution in [2.24, 2.45) is 0 Å². The van der Waals surface area contributed by atoms with Crippen molar-refractivity contribution in [1.29, 1.82) is 0 Å². The highest BCUT2D eigenvalue weighted by Gasteiger charge is 2.38. The number of aromatic nitrogens is 2. The van der Waals surface area contributed by atoms with Crippen LogP contribution < -0.4 is 4.90 Å². The summed E-state index contributed by atoms with van der Waals surface area (Å²) in [6.45, 7) is 9.18. The number of para-hydroxylation sites is 1. The van der Waals surface area contributed by atoms with Crippen molar-refractivity contribution >= 4 is 40.2 Å². The molecule has 2 heterocycles. The van der Waals surface area contributed by atoms with Crippen molar-refractivity contribution in [1.82, 2.24) is 9.55 Å². The molecule has 3 aromatic rings. The molecule has 4 rings (SSSR count). The summed E-state index contributed by atoms with van der Waals surface area (Å²) >= 11 is 1.42. The summed E-state index contributed by atoms with van der Waals surface area (Å²) in [4.78, 5) is 31.8. The highest BCUT2D eigenvalue weighted by atomic mass is 32.2. The van der Waals surface area contributed by atoms with Gasteiger partial charge < -0.3 is 14.2 Å². The van der Waals surface area contributed by atoms with E-state index in [2.05, 4.69) is 35.4 Å². The van der Waals surface area contributed by atoms with Gasteiger partial charge in [0.2, 0.25) is 0 Å². The highest BCUT2D eigenvalue weighted by molar-refractivity contribution is 7.99. The molecule has 0 bridgehead atoms. The lowest BCUT2D eigenvalue weighted by atomic mass is 9.83. The number of allylic oxidation sites excluding steroid dienone is 2. The molecule has 0 N–H and O–H groups in total. The molecule has 0 spiro atoms. The molecule has 1 aromatic heterocycles. The van der Waals surface area contributed by atoms with Crippen LogP contribution in [0.1, 0.15) is 43.6 Å². The maximum Gasteiger partial charge on any atom is 0.338 e. The van der Waals surface area contributed by atoms with E-state index in [0.29, 0.717) is 12.2 Å². The Morgan fingerprint density at radius 1 is 1.15 bits per heavy atom. The van der Waals surface area contributed by atoms with Gasteiger partial charge in [-0.25, -0.2) is 9.78 Å². The van der Waals surface area contributed by atoms with Crippen LogP contribution in [-0.4, -0.2) is 40.7 Å². The predicted octanol–water partition coefficient (Wildman–Crippen LogP) is 5.21. The lowest BCUT2D eigenvalue weighted by molar-refractivity contribution is -0.112. The first kappa shape index (κ1) is 23.1. The van der Waals surface area contributed by atoms with Crippen LogP contribution in [0.5, 0.6) is 0 Å². The number of rotatable bonds is 7. The van der Waals surface area contributed by atoms with Gasteiger partial charge in [-0.3, -0.25) is 4.79 Å². The lowest BCUT2D eigenvalue weighted by Crippen LogP contribution is -2.24. The van der Waals surface area contributed by atoms with Crippen molar-refractivity contribution < 1.29 is 14.3 Å². The van der Waals surface area contributed by atoms with Crippen LogP contribution in [-0.2, 0) is 21.5 Å². The smallest absolute Gasteiger partial charge is 0.338 e. The summed E-state index contributed by atoms with van der Waals surface area (Å²) in [5, 5.41) is 0.766. The standard InChI is InChI=1S/C26H29N3O3S/c1-6-29-22-13-12-17(24(31)32-7-2)14-20(22)27-25(29)33-16-18(30)15-23-26(3,4)19-10-8-9-11-21(19)28(23)5/h8-15H,6-7,16H2,1-5H3. The molecular formula is C26H29N3O3S. The molecule has 172 valence electrons. The molecule has 1 aliphatic heterocycles. The molecule has 1 aliphatic rings. The van der Waals surface area contributed by atoms with Gasteiger partial charge in [0, 0.05) is 36.5 Å². The maximum absolute atomic E-state index is 13.0. The van der Waals surface area contributed by atoms with Gasteiger partial charge in [0.1, 0.15) is 0 Å². The molecule has 7 heteroatoms. The number of carbonyl (C=O) groups excluding carboxylic acids is 2. The summed E-state index contributed by atoms with van der Waals surface area (Å²) in [7, 11) is 2.01. The van der Waals surface area contributed by atoms with Crippen LogP contribution in [0.25, 0.3) is 11.0 Å². The molecule has 0 fully saturated rings. The topological polar surface area (TPSA) is 64.4 Å². The molecule has 0 unspecified atom stereocenters. The van der Waals surface area contributed by atoms with Gasteiger partial charge in [-0.2, -0.15) is 0 Å². The number of nitrogens with zero attached hydrogens (tertiary/aromatic N) is 3. The molecule has 0 saturated heterocycles. The molecule has 2 aromatic carbocycles. The summed E-state index contributed by atoms with van der Waals surface area (Å²) in [5.41, 5.74) is 5.27. The number of ether oxygens (including phenoxy) is 1. The molecule has 0 atom stereocenters. The van der Waals surface area contributed by atoms with E-state index in [-0.39, 0.29) is 22.9 Å². The predicted molar refractivity (Wildman–Crippen MR) is 133 cm³/mol. The Labute approximate surface area is 198 Å². The Bertz CT molecular complexity index is 1260. The quantitative estimate of drug-likeness (QED) is 0.272. The van der Waals surface area contributed by atoms with Gasteiger partial charge in [-0.15, -0.1) is 0 Å². The second-order valence-electron chi connectivity index (χ2n) is 8.55. The average Bonchev–Trinajstić information content (AvgIpc) is 3.25. The van der Waals surface area contributed by atoms with Gasteiger partial charge in [0.15, 0.2) is 10.9 Å². The zero-order chi connectivity index (χ0) is 23.8. The molecule has 0 radical (unpaired) electrons. The van der Waals surface area contributed by atoms with Gasteiger partial charge in [0.05, 0.1) is 29.0 Å². The zero-order valence-electron chi connectivity index (χ0n) is 19.7. The number of aryl methyl sites for hydroxylation is 1. The van der Waals surface area contributed by atoms with Crippen LogP contribution in [0, 0.1) is 0 Å². The number of fused-ring (bicyclic) bond motifs is 2. The summed E-state index contributed by atoms with van der Waals surface area (Å²) in [6.07, 6.45) is 1.77. The van der Waals surface area contributed by atoms with E-state index >= 15 is 0 Å². The van der Waals surface area contributed by atoms with Crippen LogP contribution in [0.4, 0.5) is 5.69 Å². The monoisotopic (exact) mass is 463 g/mol. The lowest BCUT2D eigenvalue weighted by Gasteiger charge is -2.23. The first-order valence-corrected chi connectivity index (χ1v) is 12.1. The number of anilines is 1.